The molecule has 1 N–H and O–H groups in total. The number of allylic oxidation sites excluding steroid dienone is 1. The van der Waals surface area contributed by atoms with Gasteiger partial charge in [0, 0.05) is 30.0 Å². The van der Waals surface area contributed by atoms with Crippen molar-refractivity contribution in [1.82, 2.24) is 19.7 Å². The number of fused-ring (bicyclic) bond motifs is 1. The summed E-state index contributed by atoms with van der Waals surface area (Å²) in [6, 6.07) is 3.78. The van der Waals surface area contributed by atoms with Crippen LogP contribution in [0.5, 0.6) is 0 Å². The van der Waals surface area contributed by atoms with Crippen LogP contribution >= 0.6 is 0 Å². The van der Waals surface area contributed by atoms with Gasteiger partial charge in [-0.25, -0.2) is 4.98 Å². The van der Waals surface area contributed by atoms with Gasteiger partial charge < -0.3 is 5.32 Å². The normalized spacial score (nSPS) is 13.6. The fourth-order valence-corrected chi connectivity index (χ4v) is 4.10. The molecule has 0 fully saturated rings. The summed E-state index contributed by atoms with van der Waals surface area (Å²) in [7, 11) is 0. The lowest BCUT2D eigenvalue weighted by molar-refractivity contribution is -0.0571. The molecule has 0 aliphatic carbocycles. The molecule has 4 rings (SSSR count). The van der Waals surface area contributed by atoms with Crippen LogP contribution in [0.1, 0.15) is 38.4 Å². The van der Waals surface area contributed by atoms with Crippen LogP contribution in [0.2, 0.25) is 0 Å². The Hall–Kier alpha value is -3.93. The van der Waals surface area contributed by atoms with Gasteiger partial charge in [-0.1, -0.05) is 24.1 Å². The van der Waals surface area contributed by atoms with E-state index in [1.807, 2.05) is 26.0 Å². The largest absolute Gasteiger partial charge is 0.433 e. The summed E-state index contributed by atoms with van der Waals surface area (Å²) in [4.78, 5) is 24.8. The highest BCUT2D eigenvalue weighted by Gasteiger charge is 2.40. The maximum Gasteiger partial charge on any atom is 0.433 e. The lowest BCUT2D eigenvalue weighted by Crippen LogP contribution is -2.25. The second-order valence-electron chi connectivity index (χ2n) is 7.68. The molecule has 0 radical (unpaired) electrons. The fraction of sp³-hybridized carbons (Fsp3) is 0.250. The van der Waals surface area contributed by atoms with E-state index in [9.17, 15) is 18.0 Å². The Bertz CT molecular complexity index is 1340. The molecule has 33 heavy (non-hydrogen) atoms. The molecule has 1 aromatic carbocycles. The molecule has 0 saturated carbocycles. The van der Waals surface area contributed by atoms with Crippen LogP contribution in [0.25, 0.3) is 11.2 Å². The van der Waals surface area contributed by atoms with E-state index in [1.165, 1.54) is 18.5 Å². The van der Waals surface area contributed by atoms with Crippen LogP contribution in [0.4, 0.5) is 13.2 Å². The number of halogens is 3. The van der Waals surface area contributed by atoms with Crippen LogP contribution in [0.3, 0.4) is 0 Å². The molecule has 3 aromatic rings. The molecule has 168 valence electrons. The molecule has 1 amide bonds. The fourth-order valence-electron chi connectivity index (χ4n) is 4.10. The van der Waals surface area contributed by atoms with Crippen LogP contribution in [0, 0.1) is 26.2 Å². The van der Waals surface area contributed by atoms with Crippen molar-refractivity contribution < 1.29 is 18.0 Å². The summed E-state index contributed by atoms with van der Waals surface area (Å²) in [6.07, 6.45) is 7.05. The highest BCUT2D eigenvalue weighted by Crippen LogP contribution is 2.32. The van der Waals surface area contributed by atoms with E-state index in [1.54, 1.807) is 10.6 Å². The number of nitrogens with zero attached hydrogens (tertiary/aromatic N) is 4. The van der Waals surface area contributed by atoms with Gasteiger partial charge >= 0.3 is 6.18 Å². The van der Waals surface area contributed by atoms with Crippen molar-refractivity contribution in [3.05, 3.63) is 70.4 Å². The first-order chi connectivity index (χ1) is 15.7. The number of carbonyl (C=O) groups excluding carboxylic acids is 1. The molecular formula is C24H20F3N5O. The SMILES string of the molecule is C#CCNC(=O)c1c(C)cc(Cc2nccn3c(C4=CCN=C4C(F)(F)F)cnc23)cc1C. The highest BCUT2D eigenvalue weighted by atomic mass is 19.4. The number of hydrogen-bond donors (Lipinski definition) is 1. The van der Waals surface area contributed by atoms with E-state index >= 15 is 0 Å². The second-order valence-corrected chi connectivity index (χ2v) is 7.68. The first-order valence-corrected chi connectivity index (χ1v) is 10.2. The van der Waals surface area contributed by atoms with Crippen molar-refractivity contribution in [3.8, 4) is 12.3 Å². The molecule has 0 spiro atoms. The molecule has 0 unspecified atom stereocenters. The zero-order valence-electron chi connectivity index (χ0n) is 18.0. The van der Waals surface area contributed by atoms with Crippen molar-refractivity contribution in [2.24, 2.45) is 4.99 Å². The van der Waals surface area contributed by atoms with Gasteiger partial charge in [-0.3, -0.25) is 19.2 Å². The number of aliphatic imine (C=N–C) groups is 1. The Morgan fingerprint density at radius 1 is 1.24 bits per heavy atom. The van der Waals surface area contributed by atoms with E-state index < -0.39 is 11.9 Å². The molecule has 2 aromatic heterocycles. The summed E-state index contributed by atoms with van der Waals surface area (Å²) in [5.41, 5.74) is 3.56. The molecule has 9 heteroatoms. The second kappa shape index (κ2) is 8.54. The van der Waals surface area contributed by atoms with Crippen molar-refractivity contribution in [1.29, 1.82) is 0 Å². The number of amides is 1. The van der Waals surface area contributed by atoms with E-state index in [4.69, 9.17) is 6.42 Å². The van der Waals surface area contributed by atoms with E-state index in [2.05, 4.69) is 26.2 Å². The zero-order valence-corrected chi connectivity index (χ0v) is 18.0. The van der Waals surface area contributed by atoms with Crippen LogP contribution in [-0.2, 0) is 6.42 Å². The van der Waals surface area contributed by atoms with Crippen LogP contribution in [0.15, 0.2) is 41.8 Å². The predicted octanol–water partition coefficient (Wildman–Crippen LogP) is 3.70. The van der Waals surface area contributed by atoms with Gasteiger partial charge in [0.05, 0.1) is 30.7 Å². The molecule has 1 aliphatic rings. The first kappa shape index (κ1) is 22.3. The van der Waals surface area contributed by atoms with Gasteiger partial charge in [0.15, 0.2) is 5.65 Å². The number of alkyl halides is 3. The Kier molecular flexibility index (Phi) is 5.77. The van der Waals surface area contributed by atoms with Gasteiger partial charge in [-0.05, 0) is 30.5 Å². The van der Waals surface area contributed by atoms with Crippen molar-refractivity contribution in [3.63, 3.8) is 0 Å². The molecule has 6 nitrogen and oxygen atoms in total. The minimum Gasteiger partial charge on any atom is -0.341 e. The first-order valence-electron chi connectivity index (χ1n) is 10.2. The monoisotopic (exact) mass is 451 g/mol. The average Bonchev–Trinajstić information content (AvgIpc) is 3.39. The predicted molar refractivity (Wildman–Crippen MR) is 119 cm³/mol. The maximum atomic E-state index is 13.4. The van der Waals surface area contributed by atoms with Gasteiger partial charge in [-0.2, -0.15) is 13.2 Å². The Morgan fingerprint density at radius 3 is 2.64 bits per heavy atom. The van der Waals surface area contributed by atoms with Crippen molar-refractivity contribution >= 4 is 22.8 Å². The average molecular weight is 451 g/mol. The van der Waals surface area contributed by atoms with Gasteiger partial charge in [0.1, 0.15) is 5.71 Å². The summed E-state index contributed by atoms with van der Waals surface area (Å²) in [6.45, 7) is 3.81. The molecule has 0 saturated heterocycles. The third-order valence-electron chi connectivity index (χ3n) is 5.39. The number of terminal acetylenes is 1. The van der Waals surface area contributed by atoms with Crippen molar-refractivity contribution in [2.75, 3.05) is 13.1 Å². The number of benzene rings is 1. The van der Waals surface area contributed by atoms with E-state index in [0.717, 1.165) is 16.7 Å². The van der Waals surface area contributed by atoms with E-state index in [-0.39, 0.29) is 24.6 Å². The molecule has 0 bridgehead atoms. The zero-order chi connectivity index (χ0) is 23.8. The molecule has 0 atom stereocenters. The smallest absolute Gasteiger partial charge is 0.341 e. The Balaban J connectivity index is 1.67. The van der Waals surface area contributed by atoms with Gasteiger partial charge in [0.2, 0.25) is 0 Å². The van der Waals surface area contributed by atoms with Crippen LogP contribution < -0.4 is 5.32 Å². The third-order valence-corrected chi connectivity index (χ3v) is 5.39. The summed E-state index contributed by atoms with van der Waals surface area (Å²) < 4.78 is 41.7. The van der Waals surface area contributed by atoms with Gasteiger partial charge in [0.25, 0.3) is 5.91 Å². The molecule has 1 aliphatic heterocycles. The number of imidazole rings is 1. The standard InChI is InChI=1S/C24H20F3N5O/c1-4-6-30-23(33)20-14(2)10-16(11-15(20)3)12-18-22-31-13-19(32(22)9-8-28-18)17-5-7-29-21(17)24(25,26)27/h1,5,8-11,13H,6-7,12H2,2-3H3,(H,30,33). The van der Waals surface area contributed by atoms with Crippen LogP contribution in [-0.4, -0.2) is 45.3 Å². The Labute approximate surface area is 188 Å². The molecule has 3 heterocycles. The summed E-state index contributed by atoms with van der Waals surface area (Å²) >= 11 is 0. The maximum absolute atomic E-state index is 13.4. The lowest BCUT2D eigenvalue weighted by Gasteiger charge is -2.13. The third kappa shape index (κ3) is 4.24. The highest BCUT2D eigenvalue weighted by molar-refractivity contribution is 6.27. The number of carbonyl (C=O) groups is 1. The number of hydrogen-bond acceptors (Lipinski definition) is 4. The number of rotatable bonds is 5. The Morgan fingerprint density at radius 2 is 1.97 bits per heavy atom. The quantitative estimate of drug-likeness (QED) is 0.602. The number of aryl methyl sites for hydroxylation is 2. The minimum absolute atomic E-state index is 0.0150. The van der Waals surface area contributed by atoms with Crippen molar-refractivity contribution in [2.45, 2.75) is 26.4 Å². The van der Waals surface area contributed by atoms with E-state index in [0.29, 0.717) is 29.0 Å². The minimum atomic E-state index is -4.54. The summed E-state index contributed by atoms with van der Waals surface area (Å²) in [5.74, 6) is 2.14. The topological polar surface area (TPSA) is 71.7 Å². The lowest BCUT2D eigenvalue weighted by atomic mass is 9.96. The van der Waals surface area contributed by atoms with Gasteiger partial charge in [-0.15, -0.1) is 6.42 Å². The summed E-state index contributed by atoms with van der Waals surface area (Å²) in [5, 5.41) is 2.67. The molecular weight excluding hydrogens is 431 g/mol. The number of aromatic nitrogens is 3. The number of nitrogens with one attached hydrogen (secondary N) is 1.